The Morgan fingerprint density at radius 2 is 1.57 bits per heavy atom. The fourth-order valence-corrected chi connectivity index (χ4v) is 4.86. The first-order valence-electron chi connectivity index (χ1n) is 12.6. The Kier molecular flexibility index (Phi) is 8.40. The van der Waals surface area contributed by atoms with Crippen LogP contribution in [0, 0.1) is 0 Å². The topological polar surface area (TPSA) is 106 Å². The van der Waals surface area contributed by atoms with Crippen molar-refractivity contribution in [2.24, 2.45) is 5.73 Å². The number of ketones is 1. The number of amides is 1. The normalized spacial score (nSPS) is 12.2. The molecule has 8 nitrogen and oxygen atoms in total. The number of hydrogen-bond acceptors (Lipinski definition) is 5. The zero-order chi connectivity index (χ0) is 26.4. The first-order valence-corrected chi connectivity index (χ1v) is 12.6. The number of carbonyl (C=O) groups is 3. The van der Waals surface area contributed by atoms with Crippen LogP contribution in [0.1, 0.15) is 42.1 Å². The Bertz CT molecular complexity index is 1420. The predicted octanol–water partition coefficient (Wildman–Crippen LogP) is 4.26. The number of aryl methyl sites for hydroxylation is 1. The lowest BCUT2D eigenvalue weighted by Crippen LogP contribution is -2.16. The van der Waals surface area contributed by atoms with Crippen LogP contribution in [0.25, 0.3) is 21.8 Å². The smallest absolute Gasteiger partial charge is 0.379 e. The van der Waals surface area contributed by atoms with E-state index in [1.807, 2.05) is 59.3 Å². The summed E-state index contributed by atoms with van der Waals surface area (Å²) in [5, 5.41) is 1.79. The minimum atomic E-state index is -0.862. The average Bonchev–Trinajstić information content (AvgIpc) is 3.45. The highest BCUT2D eigenvalue weighted by Gasteiger charge is 2.22. The number of rotatable bonds is 13. The van der Waals surface area contributed by atoms with E-state index in [2.05, 4.69) is 16.2 Å². The second-order valence-electron chi connectivity index (χ2n) is 9.13. The van der Waals surface area contributed by atoms with Crippen LogP contribution in [0.15, 0.2) is 60.9 Å². The summed E-state index contributed by atoms with van der Waals surface area (Å²) in [6, 6.07) is 15.6. The Hall–Kier alpha value is -3.91. The van der Waals surface area contributed by atoms with Crippen molar-refractivity contribution < 1.29 is 23.9 Å². The minimum Gasteiger partial charge on any atom is -0.463 e. The van der Waals surface area contributed by atoms with Gasteiger partial charge in [0, 0.05) is 47.3 Å². The number of methoxy groups -OCH3 is 1. The van der Waals surface area contributed by atoms with Crippen LogP contribution in [0.4, 0.5) is 0 Å². The lowest BCUT2D eigenvalue weighted by molar-refractivity contribution is -0.135. The molecule has 0 saturated carbocycles. The maximum absolute atomic E-state index is 12.5. The maximum Gasteiger partial charge on any atom is 0.379 e. The molecule has 2 heterocycles. The van der Waals surface area contributed by atoms with E-state index >= 15 is 0 Å². The van der Waals surface area contributed by atoms with Gasteiger partial charge in [0.05, 0.1) is 31.8 Å². The van der Waals surface area contributed by atoms with Crippen LogP contribution in [-0.2, 0) is 38.6 Å². The zero-order valence-corrected chi connectivity index (χ0v) is 21.3. The number of benzene rings is 2. The van der Waals surface area contributed by atoms with Crippen molar-refractivity contribution in [1.29, 1.82) is 0 Å². The minimum absolute atomic E-state index is 0.102. The molecule has 1 amide bonds. The number of nitrogens with zero attached hydrogens (tertiary/aromatic N) is 2. The number of esters is 1. The number of carbonyl (C=O) groups excluding carboxylic acids is 3. The molecule has 0 spiro atoms. The van der Waals surface area contributed by atoms with E-state index < -0.39 is 11.8 Å². The number of para-hydroxylation sites is 2. The van der Waals surface area contributed by atoms with Gasteiger partial charge in [-0.25, -0.2) is 4.79 Å². The first-order chi connectivity index (χ1) is 17.9. The highest BCUT2D eigenvalue weighted by atomic mass is 16.5. The van der Waals surface area contributed by atoms with Gasteiger partial charge in [0.1, 0.15) is 0 Å². The van der Waals surface area contributed by atoms with Gasteiger partial charge in [-0.3, -0.25) is 9.59 Å². The van der Waals surface area contributed by atoms with Gasteiger partial charge in [-0.15, -0.1) is 0 Å². The molecule has 0 fully saturated rings. The quantitative estimate of drug-likeness (QED) is 0.167. The van der Waals surface area contributed by atoms with Gasteiger partial charge in [0.15, 0.2) is 0 Å². The highest BCUT2D eigenvalue weighted by molar-refractivity contribution is 6.43. The molecule has 1 unspecified atom stereocenters. The second kappa shape index (κ2) is 11.9. The van der Waals surface area contributed by atoms with Crippen LogP contribution in [0.5, 0.6) is 0 Å². The van der Waals surface area contributed by atoms with Gasteiger partial charge in [-0.1, -0.05) is 43.3 Å². The van der Waals surface area contributed by atoms with Gasteiger partial charge in [0.2, 0.25) is 5.91 Å². The molecular formula is C29H33N3O5. The summed E-state index contributed by atoms with van der Waals surface area (Å²) >= 11 is 0. The van der Waals surface area contributed by atoms with Crippen molar-refractivity contribution in [2.75, 3.05) is 13.7 Å². The second-order valence-corrected chi connectivity index (χ2v) is 9.13. The standard InChI is InChI=1S/C29H33N3O5/c1-3-21(37-16-15-32-18-20(17-27(30)33)22-10-4-6-12-25(22)32)9-8-14-31-19-24(28(34)29(35)36-2)23-11-5-7-13-26(23)31/h4-7,10-13,18-19,21H,3,8-9,14-17H2,1-2H3,(H2,30,33). The van der Waals surface area contributed by atoms with E-state index in [1.165, 1.54) is 7.11 Å². The molecule has 2 aromatic heterocycles. The number of primary amides is 1. The summed E-state index contributed by atoms with van der Waals surface area (Å²) in [5.41, 5.74) is 8.69. The van der Waals surface area contributed by atoms with Gasteiger partial charge < -0.3 is 24.3 Å². The molecule has 0 bridgehead atoms. The molecule has 0 aliphatic carbocycles. The predicted molar refractivity (Wildman–Crippen MR) is 142 cm³/mol. The highest BCUT2D eigenvalue weighted by Crippen LogP contribution is 2.24. The van der Waals surface area contributed by atoms with E-state index in [4.69, 9.17) is 10.5 Å². The third-order valence-corrected chi connectivity index (χ3v) is 6.71. The molecule has 0 saturated heterocycles. The van der Waals surface area contributed by atoms with Crippen LogP contribution in [-0.4, -0.2) is 46.6 Å². The SMILES string of the molecule is CCC(CCCn1cc(C(=O)C(=O)OC)c2ccccc21)OCCn1cc(CC(N)=O)c2ccccc21. The van der Waals surface area contributed by atoms with Crippen LogP contribution >= 0.6 is 0 Å². The molecule has 4 aromatic rings. The Balaban J connectivity index is 1.35. The molecule has 1 atom stereocenters. The Morgan fingerprint density at radius 3 is 2.24 bits per heavy atom. The van der Waals surface area contributed by atoms with Crippen LogP contribution in [0.2, 0.25) is 0 Å². The maximum atomic E-state index is 12.5. The molecule has 8 heteroatoms. The van der Waals surface area contributed by atoms with Crippen molar-refractivity contribution in [1.82, 2.24) is 9.13 Å². The van der Waals surface area contributed by atoms with Crippen molar-refractivity contribution in [2.45, 2.75) is 51.8 Å². The Morgan fingerprint density at radius 1 is 0.919 bits per heavy atom. The number of Topliss-reactive ketones (excluding diaryl/α,β-unsaturated/α-hetero) is 1. The van der Waals surface area contributed by atoms with Gasteiger partial charge in [-0.2, -0.15) is 0 Å². The van der Waals surface area contributed by atoms with Crippen LogP contribution < -0.4 is 5.73 Å². The number of hydrogen-bond donors (Lipinski definition) is 1. The van der Waals surface area contributed by atoms with Crippen molar-refractivity contribution >= 4 is 39.5 Å². The molecule has 2 aromatic carbocycles. The molecule has 4 rings (SSSR count). The van der Waals surface area contributed by atoms with Crippen molar-refractivity contribution in [3.63, 3.8) is 0 Å². The number of aromatic nitrogens is 2. The molecular weight excluding hydrogens is 470 g/mol. The monoisotopic (exact) mass is 503 g/mol. The van der Waals surface area contributed by atoms with E-state index in [-0.39, 0.29) is 18.4 Å². The molecule has 0 radical (unpaired) electrons. The third-order valence-electron chi connectivity index (χ3n) is 6.71. The van der Waals surface area contributed by atoms with Gasteiger partial charge >= 0.3 is 5.97 Å². The first kappa shape index (κ1) is 26.2. The summed E-state index contributed by atoms with van der Waals surface area (Å²) in [6.07, 6.45) is 6.66. The lowest BCUT2D eigenvalue weighted by Gasteiger charge is -2.17. The number of nitrogens with two attached hydrogens (primary N) is 1. The summed E-state index contributed by atoms with van der Waals surface area (Å²) in [4.78, 5) is 35.7. The molecule has 0 aliphatic rings. The molecule has 37 heavy (non-hydrogen) atoms. The van der Waals surface area contributed by atoms with E-state index in [1.54, 1.807) is 6.20 Å². The summed E-state index contributed by atoms with van der Waals surface area (Å²) in [6.45, 7) is 4.04. The van der Waals surface area contributed by atoms with E-state index in [9.17, 15) is 14.4 Å². The number of fused-ring (bicyclic) bond motifs is 2. The third kappa shape index (κ3) is 5.91. The molecule has 2 N–H and O–H groups in total. The lowest BCUT2D eigenvalue weighted by atomic mass is 10.1. The van der Waals surface area contributed by atoms with Gasteiger partial charge in [0.25, 0.3) is 5.78 Å². The van der Waals surface area contributed by atoms with E-state index in [0.717, 1.165) is 46.6 Å². The fraction of sp³-hybridized carbons (Fsp3) is 0.345. The van der Waals surface area contributed by atoms with Crippen molar-refractivity contribution in [3.8, 4) is 0 Å². The molecule has 0 aliphatic heterocycles. The summed E-state index contributed by atoms with van der Waals surface area (Å²) in [7, 11) is 1.21. The van der Waals surface area contributed by atoms with Crippen molar-refractivity contribution in [3.05, 3.63) is 72.1 Å². The van der Waals surface area contributed by atoms with E-state index in [0.29, 0.717) is 25.3 Å². The Labute approximate surface area is 215 Å². The largest absolute Gasteiger partial charge is 0.463 e. The molecule has 194 valence electrons. The fourth-order valence-electron chi connectivity index (χ4n) is 4.86. The number of ether oxygens (including phenoxy) is 2. The zero-order valence-electron chi connectivity index (χ0n) is 21.3. The van der Waals surface area contributed by atoms with Crippen LogP contribution in [0.3, 0.4) is 0 Å². The summed E-state index contributed by atoms with van der Waals surface area (Å²) < 4.78 is 15.0. The average molecular weight is 504 g/mol. The van der Waals surface area contributed by atoms with Gasteiger partial charge in [-0.05, 0) is 37.0 Å². The summed E-state index contributed by atoms with van der Waals surface area (Å²) in [5.74, 6) is -1.84.